The third-order valence-corrected chi connectivity index (χ3v) is 11.5. The molecule has 0 fully saturated rings. The molecule has 9 heteroatoms. The van der Waals surface area contributed by atoms with Gasteiger partial charge in [0.05, 0.1) is 0 Å². The van der Waals surface area contributed by atoms with Crippen LogP contribution < -0.4 is 27.3 Å². The van der Waals surface area contributed by atoms with E-state index >= 15 is 0 Å². The van der Waals surface area contributed by atoms with Gasteiger partial charge < -0.3 is 0 Å². The molecule has 8 aromatic carbocycles. The molecule has 0 spiro atoms. The molecule has 0 aliphatic rings. The molecule has 10 radical (unpaired) electrons. The summed E-state index contributed by atoms with van der Waals surface area (Å²) < 4.78 is 2.27. The second-order valence-electron chi connectivity index (χ2n) is 13.5. The van der Waals surface area contributed by atoms with Crippen molar-refractivity contribution in [1.29, 1.82) is 0 Å². The first-order valence-electron chi connectivity index (χ1n) is 17.5. The average Bonchev–Trinajstić information content (AvgIpc) is 3.61. The molecule has 0 bridgehead atoms. The molecule has 0 amide bonds. The maximum absolute atomic E-state index is 6.52. The minimum atomic E-state index is 0.130. The fourth-order valence-electron chi connectivity index (χ4n) is 7.69. The number of nitrogens with zero attached hydrogens (tertiary/aromatic N) is 3. The number of hydrogen-bond acceptors (Lipinski definition) is 4. The number of thiophene rings is 1. The molecule has 54 heavy (non-hydrogen) atoms. The molecule has 0 aliphatic heterocycles. The van der Waals surface area contributed by atoms with E-state index in [-0.39, 0.29) is 33.1 Å². The van der Waals surface area contributed by atoms with Gasteiger partial charge in [0.25, 0.3) is 0 Å². The second kappa shape index (κ2) is 12.6. The molecule has 0 atom stereocenters. The molecule has 10 rings (SSSR count). The summed E-state index contributed by atoms with van der Waals surface area (Å²) in [6.07, 6.45) is 0. The van der Waals surface area contributed by atoms with Gasteiger partial charge in [-0.15, -0.1) is 27.7 Å². The Morgan fingerprint density at radius 2 is 0.870 bits per heavy atom. The van der Waals surface area contributed by atoms with E-state index in [9.17, 15) is 0 Å². The van der Waals surface area contributed by atoms with Crippen molar-refractivity contribution >= 4 is 130 Å². The Bertz CT molecular complexity index is 3120. The molecule has 0 aliphatic carbocycles. The zero-order valence-corrected chi connectivity index (χ0v) is 29.7. The summed E-state index contributed by atoms with van der Waals surface area (Å²) in [4.78, 5) is 14.8. The first kappa shape index (κ1) is 32.7. The molecule has 0 saturated heterocycles. The van der Waals surface area contributed by atoms with E-state index in [1.165, 1.54) is 32.3 Å². The van der Waals surface area contributed by atoms with Crippen LogP contribution in [0.15, 0.2) is 133 Å². The highest BCUT2D eigenvalue weighted by molar-refractivity contribution is 7.26. The fraction of sp³-hybridized carbons (Fsp3) is 0. The van der Waals surface area contributed by atoms with E-state index in [1.54, 1.807) is 11.3 Å². The van der Waals surface area contributed by atoms with Crippen LogP contribution in [0.25, 0.3) is 97.8 Å². The SMILES string of the molecule is [B]c1c([B])c([B])c(-c2nc(-c3ccccc3)nc(-c3cccc4sc5cc(-c6ccc7c8ccccc8c8ccccc8c7c6)ccc5c34)n2)c([B])c1[B]. The summed E-state index contributed by atoms with van der Waals surface area (Å²) in [5, 5.41) is 9.69. The molecule has 3 nitrogen and oxygen atoms in total. The Kier molecular flexibility index (Phi) is 7.64. The lowest BCUT2D eigenvalue weighted by Crippen LogP contribution is -2.55. The Morgan fingerprint density at radius 3 is 1.54 bits per heavy atom. The number of aromatic nitrogens is 3. The molecular formula is C45H22B5N3S. The van der Waals surface area contributed by atoms with Gasteiger partial charge in [-0.3, -0.25) is 0 Å². The summed E-state index contributed by atoms with van der Waals surface area (Å²) in [6.45, 7) is 0. The van der Waals surface area contributed by atoms with Crippen LogP contribution in [0.4, 0.5) is 0 Å². The van der Waals surface area contributed by atoms with Gasteiger partial charge in [0.2, 0.25) is 0 Å². The first-order valence-corrected chi connectivity index (χ1v) is 18.3. The standard InChI is InChI=1S/C45H22B5N3S/c46-38-37(39(47)41(49)42(50)40(38)48)45-52-43(23-9-2-1-3-10-23)51-44(53-45)32-15-8-16-34-36(32)31-20-18-25(22-35(31)54-34)24-17-19-30-28-13-5-4-11-26(28)27-12-6-7-14-29(27)33(30)21-24/h1-22H. The first-order chi connectivity index (χ1) is 26.4. The molecular weight excluding hydrogens is 669 g/mol. The fourth-order valence-corrected chi connectivity index (χ4v) is 8.87. The van der Waals surface area contributed by atoms with Crippen LogP contribution in [0, 0.1) is 0 Å². The van der Waals surface area contributed by atoms with Crippen LogP contribution >= 0.6 is 11.3 Å². The lowest BCUT2D eigenvalue weighted by molar-refractivity contribution is 1.08. The van der Waals surface area contributed by atoms with Crippen molar-refractivity contribution < 1.29 is 0 Å². The Morgan fingerprint density at radius 1 is 0.352 bits per heavy atom. The summed E-state index contributed by atoms with van der Waals surface area (Å²) in [7, 11) is 31.7. The van der Waals surface area contributed by atoms with Gasteiger partial charge in [-0.25, -0.2) is 15.0 Å². The van der Waals surface area contributed by atoms with Gasteiger partial charge in [-0.2, -0.15) is 0 Å². The number of rotatable bonds is 4. The number of fused-ring (bicyclic) bond motifs is 9. The van der Waals surface area contributed by atoms with Crippen LogP contribution in [0.3, 0.4) is 0 Å². The Hall–Kier alpha value is -5.91. The van der Waals surface area contributed by atoms with Gasteiger partial charge in [0, 0.05) is 36.9 Å². The van der Waals surface area contributed by atoms with Crippen molar-refractivity contribution in [3.05, 3.63) is 133 Å². The summed E-state index contributed by atoms with van der Waals surface area (Å²) >= 11 is 1.74. The predicted octanol–water partition coefficient (Wildman–Crippen LogP) is 6.34. The van der Waals surface area contributed by atoms with E-state index in [1.807, 2.05) is 42.5 Å². The Labute approximate surface area is 322 Å². The summed E-state index contributed by atoms with van der Waals surface area (Å²) in [5.74, 6) is 1.18. The second-order valence-corrected chi connectivity index (χ2v) is 14.5. The highest BCUT2D eigenvalue weighted by Crippen LogP contribution is 2.42. The van der Waals surface area contributed by atoms with Crippen LogP contribution in [0.2, 0.25) is 0 Å². The van der Waals surface area contributed by atoms with Crippen LogP contribution in [-0.2, 0) is 0 Å². The van der Waals surface area contributed by atoms with Crippen molar-refractivity contribution in [3.8, 4) is 45.3 Å². The van der Waals surface area contributed by atoms with Crippen LogP contribution in [0.1, 0.15) is 0 Å². The monoisotopic (exact) mass is 691 g/mol. The van der Waals surface area contributed by atoms with Gasteiger partial charge in [-0.1, -0.05) is 126 Å². The lowest BCUT2D eigenvalue weighted by atomic mass is 9.60. The molecule has 0 unspecified atom stereocenters. The Balaban J connectivity index is 1.16. The smallest absolute Gasteiger partial charge is 0.164 e. The normalized spacial score (nSPS) is 11.7. The quantitative estimate of drug-likeness (QED) is 0.160. The van der Waals surface area contributed by atoms with Crippen LogP contribution in [0.5, 0.6) is 0 Å². The van der Waals surface area contributed by atoms with E-state index in [0.29, 0.717) is 17.2 Å². The minimum Gasteiger partial charge on any atom is -0.208 e. The van der Waals surface area contributed by atoms with Crippen molar-refractivity contribution in [3.63, 3.8) is 0 Å². The van der Waals surface area contributed by atoms with Crippen molar-refractivity contribution in [1.82, 2.24) is 15.0 Å². The lowest BCUT2D eigenvalue weighted by Gasteiger charge is -2.20. The van der Waals surface area contributed by atoms with E-state index in [0.717, 1.165) is 42.4 Å². The third-order valence-electron chi connectivity index (χ3n) is 10.4. The zero-order valence-electron chi connectivity index (χ0n) is 28.8. The third kappa shape index (κ3) is 5.06. The summed E-state index contributed by atoms with van der Waals surface area (Å²) in [6, 6.07) is 46.7. The number of benzene rings is 8. The highest BCUT2D eigenvalue weighted by atomic mass is 32.1. The van der Waals surface area contributed by atoms with Gasteiger partial charge in [-0.05, 0) is 61.6 Å². The maximum Gasteiger partial charge on any atom is 0.164 e. The van der Waals surface area contributed by atoms with Crippen molar-refractivity contribution in [2.24, 2.45) is 0 Å². The average molecular weight is 691 g/mol. The van der Waals surface area contributed by atoms with Gasteiger partial charge in [0.15, 0.2) is 17.5 Å². The molecule has 2 heterocycles. The van der Waals surface area contributed by atoms with E-state index in [4.69, 9.17) is 54.2 Å². The molecule has 0 N–H and O–H groups in total. The van der Waals surface area contributed by atoms with E-state index in [2.05, 4.69) is 91.0 Å². The topological polar surface area (TPSA) is 38.7 Å². The summed E-state index contributed by atoms with van der Waals surface area (Å²) in [5.41, 5.74) is 5.01. The predicted molar refractivity (Wildman–Crippen MR) is 234 cm³/mol. The molecule has 2 aromatic heterocycles. The van der Waals surface area contributed by atoms with Crippen molar-refractivity contribution in [2.75, 3.05) is 0 Å². The maximum atomic E-state index is 6.52. The molecule has 10 aromatic rings. The minimum absolute atomic E-state index is 0.130. The molecule has 0 saturated carbocycles. The van der Waals surface area contributed by atoms with Crippen LogP contribution in [-0.4, -0.2) is 54.2 Å². The number of hydrogen-bond donors (Lipinski definition) is 0. The zero-order chi connectivity index (χ0) is 36.7. The van der Waals surface area contributed by atoms with Gasteiger partial charge >= 0.3 is 0 Å². The van der Waals surface area contributed by atoms with Gasteiger partial charge in [0.1, 0.15) is 39.2 Å². The highest BCUT2D eigenvalue weighted by Gasteiger charge is 2.20. The van der Waals surface area contributed by atoms with Crippen molar-refractivity contribution in [2.45, 2.75) is 0 Å². The van der Waals surface area contributed by atoms with E-state index < -0.39 is 0 Å². The molecule has 238 valence electrons. The largest absolute Gasteiger partial charge is 0.208 e.